The van der Waals surface area contributed by atoms with Crippen LogP contribution in [0, 0.1) is 0 Å². The van der Waals surface area contributed by atoms with Crippen LogP contribution in [-0.4, -0.2) is 19.9 Å². The van der Waals surface area contributed by atoms with Crippen LogP contribution in [0.1, 0.15) is 0 Å². The normalized spacial score (nSPS) is 11.6. The summed E-state index contributed by atoms with van der Waals surface area (Å²) >= 11 is 1.78. The van der Waals surface area contributed by atoms with Gasteiger partial charge in [0.1, 0.15) is 5.52 Å². The van der Waals surface area contributed by atoms with Crippen LogP contribution in [0.3, 0.4) is 0 Å². The summed E-state index contributed by atoms with van der Waals surface area (Å²) in [7, 11) is 0. The number of hydrogen-bond donors (Lipinski definition) is 0. The maximum absolute atomic E-state index is 6.24. The molecule has 0 aliphatic rings. The molecule has 0 unspecified atom stereocenters. The van der Waals surface area contributed by atoms with Gasteiger partial charge in [-0.2, -0.15) is 0 Å². The van der Waals surface area contributed by atoms with Crippen LogP contribution in [0.15, 0.2) is 186 Å². The van der Waals surface area contributed by atoms with Gasteiger partial charge < -0.3 is 4.42 Å². The molecule has 0 fully saturated rings. The van der Waals surface area contributed by atoms with Gasteiger partial charge in [-0.3, -0.25) is 0 Å². The van der Waals surface area contributed by atoms with Crippen LogP contribution < -0.4 is 0 Å². The summed E-state index contributed by atoms with van der Waals surface area (Å²) in [5.41, 5.74) is 10.0. The van der Waals surface area contributed by atoms with Crippen molar-refractivity contribution in [1.82, 2.24) is 19.9 Å². The minimum Gasteiger partial charge on any atom is -0.436 e. The summed E-state index contributed by atoms with van der Waals surface area (Å²) in [6.45, 7) is 0. The number of aromatic nitrogens is 4. The highest BCUT2D eigenvalue weighted by atomic mass is 32.1. The third-order valence-corrected chi connectivity index (χ3v) is 11.5. The Bertz CT molecular complexity index is 3250. The molecule has 0 radical (unpaired) electrons. The molecule has 56 heavy (non-hydrogen) atoms. The molecular formula is C50H30N4OS. The van der Waals surface area contributed by atoms with Crippen molar-refractivity contribution in [2.75, 3.05) is 0 Å². The van der Waals surface area contributed by atoms with Crippen LogP contribution in [0.25, 0.3) is 110 Å². The van der Waals surface area contributed by atoms with Crippen molar-refractivity contribution in [3.05, 3.63) is 182 Å². The van der Waals surface area contributed by atoms with Crippen molar-refractivity contribution in [3.8, 4) is 67.9 Å². The van der Waals surface area contributed by atoms with E-state index in [4.69, 9.17) is 24.4 Å². The Kier molecular flexibility index (Phi) is 7.60. The molecule has 0 spiro atoms. The second-order valence-electron chi connectivity index (χ2n) is 13.8. The molecule has 3 heterocycles. The number of thiophene rings is 1. The van der Waals surface area contributed by atoms with Gasteiger partial charge in [-0.1, -0.05) is 140 Å². The van der Waals surface area contributed by atoms with Gasteiger partial charge in [-0.25, -0.2) is 19.9 Å². The number of fused-ring (bicyclic) bond motifs is 5. The number of oxazole rings is 1. The maximum Gasteiger partial charge on any atom is 0.227 e. The van der Waals surface area contributed by atoms with E-state index in [-0.39, 0.29) is 0 Å². The largest absolute Gasteiger partial charge is 0.436 e. The summed E-state index contributed by atoms with van der Waals surface area (Å²) in [4.78, 5) is 20.1. The van der Waals surface area contributed by atoms with Crippen LogP contribution in [0.4, 0.5) is 0 Å². The lowest BCUT2D eigenvalue weighted by Crippen LogP contribution is -2.00. The van der Waals surface area contributed by atoms with Gasteiger partial charge in [-0.15, -0.1) is 11.3 Å². The molecule has 0 saturated heterocycles. The van der Waals surface area contributed by atoms with Crippen LogP contribution >= 0.6 is 11.3 Å². The zero-order valence-electron chi connectivity index (χ0n) is 29.9. The summed E-state index contributed by atoms with van der Waals surface area (Å²) < 4.78 is 8.64. The average molecular weight is 735 g/mol. The first kappa shape index (κ1) is 32.2. The van der Waals surface area contributed by atoms with Crippen molar-refractivity contribution >= 4 is 53.4 Å². The molecule has 11 rings (SSSR count). The Hall–Kier alpha value is -7.28. The highest BCUT2D eigenvalue weighted by Gasteiger charge is 2.18. The second-order valence-corrected chi connectivity index (χ2v) is 14.9. The van der Waals surface area contributed by atoms with E-state index < -0.39 is 0 Å². The molecule has 0 bridgehead atoms. The third kappa shape index (κ3) is 5.63. The van der Waals surface area contributed by atoms with E-state index in [1.165, 1.54) is 25.7 Å². The standard InChI is InChI=1S/C50H30N4OS/c1-4-13-31(14-5-1)34-19-10-21-37(27-34)48-52-47(32-15-6-2-7-16-32)53-49(54-48)40-23-11-20-35-28-36(25-26-38(35)40)39-22-12-24-44-46(39)41-29-42-43(30-45(41)56-44)55-50(51-42)33-17-8-3-9-18-33/h1-30H. The van der Waals surface area contributed by atoms with Gasteiger partial charge in [0.05, 0.1) is 0 Å². The topological polar surface area (TPSA) is 64.7 Å². The molecular weight excluding hydrogens is 705 g/mol. The molecule has 6 heteroatoms. The van der Waals surface area contributed by atoms with Gasteiger partial charge >= 0.3 is 0 Å². The van der Waals surface area contributed by atoms with E-state index in [9.17, 15) is 0 Å². The molecule has 0 amide bonds. The van der Waals surface area contributed by atoms with Gasteiger partial charge in [0.2, 0.25) is 5.89 Å². The number of nitrogens with zero attached hydrogens (tertiary/aromatic N) is 4. The molecule has 0 atom stereocenters. The van der Waals surface area contributed by atoms with Gasteiger partial charge in [0, 0.05) is 48.5 Å². The second kappa shape index (κ2) is 13.2. The summed E-state index contributed by atoms with van der Waals surface area (Å²) in [5, 5.41) is 4.58. The number of hydrogen-bond acceptors (Lipinski definition) is 6. The van der Waals surface area contributed by atoms with Gasteiger partial charge in [-0.05, 0) is 69.4 Å². The fourth-order valence-electron chi connectivity index (χ4n) is 7.65. The van der Waals surface area contributed by atoms with Gasteiger partial charge in [0.25, 0.3) is 0 Å². The van der Waals surface area contributed by atoms with Crippen molar-refractivity contribution in [1.29, 1.82) is 0 Å². The maximum atomic E-state index is 6.24. The Morgan fingerprint density at radius 1 is 0.375 bits per heavy atom. The van der Waals surface area contributed by atoms with Crippen molar-refractivity contribution in [2.24, 2.45) is 0 Å². The van der Waals surface area contributed by atoms with Crippen LogP contribution in [-0.2, 0) is 0 Å². The first-order valence-electron chi connectivity index (χ1n) is 18.5. The Morgan fingerprint density at radius 3 is 1.82 bits per heavy atom. The first-order chi connectivity index (χ1) is 27.7. The van der Waals surface area contributed by atoms with E-state index in [1.807, 2.05) is 66.7 Å². The fraction of sp³-hybridized carbons (Fsp3) is 0. The quantitative estimate of drug-likeness (QED) is 0.170. The van der Waals surface area contributed by atoms with Crippen molar-refractivity contribution in [3.63, 3.8) is 0 Å². The van der Waals surface area contributed by atoms with E-state index in [1.54, 1.807) is 11.3 Å². The van der Waals surface area contributed by atoms with Crippen LogP contribution in [0.5, 0.6) is 0 Å². The molecule has 11 aromatic rings. The lowest BCUT2D eigenvalue weighted by Gasteiger charge is -2.12. The molecule has 5 nitrogen and oxygen atoms in total. The summed E-state index contributed by atoms with van der Waals surface area (Å²) in [5.74, 6) is 2.54. The predicted molar refractivity (Wildman–Crippen MR) is 230 cm³/mol. The smallest absolute Gasteiger partial charge is 0.227 e. The lowest BCUT2D eigenvalue weighted by atomic mass is 9.95. The lowest BCUT2D eigenvalue weighted by molar-refractivity contribution is 0.620. The molecule has 8 aromatic carbocycles. The third-order valence-electron chi connectivity index (χ3n) is 10.4. The zero-order valence-corrected chi connectivity index (χ0v) is 30.7. The number of benzene rings is 8. The SMILES string of the molecule is c1ccc(-c2cccc(-c3nc(-c4ccccc4)nc(-c4cccc5cc(-c6cccc7sc8cc9oc(-c%10ccccc%10)nc9cc8c67)ccc45)n3)c2)cc1. The first-order valence-corrected chi connectivity index (χ1v) is 19.4. The van der Waals surface area contributed by atoms with E-state index in [2.05, 4.69) is 115 Å². The summed E-state index contributed by atoms with van der Waals surface area (Å²) in [6.07, 6.45) is 0. The van der Waals surface area contributed by atoms with Gasteiger partial charge in [0.15, 0.2) is 23.1 Å². The molecule has 0 aliphatic heterocycles. The van der Waals surface area contributed by atoms with E-state index in [0.29, 0.717) is 23.4 Å². The molecule has 262 valence electrons. The highest BCUT2D eigenvalue weighted by Crippen LogP contribution is 2.43. The van der Waals surface area contributed by atoms with E-state index in [0.717, 1.165) is 60.8 Å². The highest BCUT2D eigenvalue weighted by molar-refractivity contribution is 7.26. The molecule has 0 N–H and O–H groups in total. The van der Waals surface area contributed by atoms with Crippen LogP contribution in [0.2, 0.25) is 0 Å². The average Bonchev–Trinajstić information content (AvgIpc) is 3.86. The van der Waals surface area contributed by atoms with Crippen molar-refractivity contribution < 1.29 is 4.42 Å². The Balaban J connectivity index is 1.03. The molecule has 0 saturated carbocycles. The van der Waals surface area contributed by atoms with E-state index >= 15 is 0 Å². The zero-order chi connectivity index (χ0) is 37.0. The van der Waals surface area contributed by atoms with Crippen molar-refractivity contribution in [2.45, 2.75) is 0 Å². The minimum absolute atomic E-state index is 0.633. The molecule has 0 aliphatic carbocycles. The summed E-state index contributed by atoms with van der Waals surface area (Å²) in [6, 6.07) is 63.0. The molecule has 3 aromatic heterocycles. The predicted octanol–water partition coefficient (Wildman–Crippen LogP) is 13.5. The number of rotatable bonds is 6. The Labute approximate surface area is 326 Å². The minimum atomic E-state index is 0.633. The monoisotopic (exact) mass is 734 g/mol. The fourth-order valence-corrected chi connectivity index (χ4v) is 8.79. The Morgan fingerprint density at radius 2 is 1.02 bits per heavy atom.